The van der Waals surface area contributed by atoms with Crippen LogP contribution in [0.2, 0.25) is 0 Å². The maximum absolute atomic E-state index is 13.4. The maximum atomic E-state index is 13.4. The second kappa shape index (κ2) is 11.5. The number of ether oxygens (including phenoxy) is 1. The van der Waals surface area contributed by atoms with Crippen molar-refractivity contribution in [3.63, 3.8) is 0 Å². The molecular formula is C25H18F2N4O7S2. The lowest BCUT2D eigenvalue weighted by Gasteiger charge is -2.13. The zero-order chi connectivity index (χ0) is 29.0. The van der Waals surface area contributed by atoms with E-state index < -0.39 is 49.5 Å². The van der Waals surface area contributed by atoms with E-state index in [0.717, 1.165) is 17.4 Å². The van der Waals surface area contributed by atoms with Crippen LogP contribution in [0.3, 0.4) is 0 Å². The molecule has 0 spiro atoms. The summed E-state index contributed by atoms with van der Waals surface area (Å²) in [6, 6.07) is 13.0. The highest BCUT2D eigenvalue weighted by Gasteiger charge is 2.21. The minimum absolute atomic E-state index is 0.0117. The third kappa shape index (κ3) is 6.62. The number of thiazole rings is 1. The molecule has 0 saturated carbocycles. The minimum Gasteiger partial charge on any atom is -0.449 e. The van der Waals surface area contributed by atoms with Gasteiger partial charge in [0.1, 0.15) is 0 Å². The van der Waals surface area contributed by atoms with E-state index in [-0.39, 0.29) is 22.1 Å². The molecule has 4 aromatic rings. The highest BCUT2D eigenvalue weighted by Crippen LogP contribution is 2.27. The van der Waals surface area contributed by atoms with Crippen molar-refractivity contribution in [2.45, 2.75) is 17.9 Å². The van der Waals surface area contributed by atoms with Gasteiger partial charge in [-0.05, 0) is 49.4 Å². The number of carbonyl (C=O) groups is 2. The van der Waals surface area contributed by atoms with Crippen LogP contribution in [0.5, 0.6) is 0 Å². The van der Waals surface area contributed by atoms with Gasteiger partial charge in [0.15, 0.2) is 22.9 Å². The van der Waals surface area contributed by atoms with E-state index >= 15 is 0 Å². The van der Waals surface area contributed by atoms with E-state index in [2.05, 4.69) is 15.0 Å². The summed E-state index contributed by atoms with van der Waals surface area (Å²) in [5, 5.41) is 15.3. The Kier molecular flexibility index (Phi) is 8.16. The fourth-order valence-corrected chi connectivity index (χ4v) is 5.06. The number of aromatic nitrogens is 1. The number of sulfonamides is 1. The lowest BCUT2D eigenvalue weighted by molar-refractivity contribution is -0.384. The van der Waals surface area contributed by atoms with E-state index in [1.165, 1.54) is 49.4 Å². The molecule has 3 aromatic carbocycles. The Morgan fingerprint density at radius 3 is 2.45 bits per heavy atom. The van der Waals surface area contributed by atoms with Crippen molar-refractivity contribution < 1.29 is 36.4 Å². The first-order valence-corrected chi connectivity index (χ1v) is 13.6. The number of benzene rings is 3. The second-order valence-corrected chi connectivity index (χ2v) is 10.7. The predicted molar refractivity (Wildman–Crippen MR) is 141 cm³/mol. The number of hydrogen-bond donors (Lipinski definition) is 2. The standard InChI is InChI=1S/C25H18F2N4O7S2/c1-14(23(32)29-25-28-22(13-39-25)16-3-2-4-18(11-16)31(34)35)38-24(33)15-5-7-17(8-6-15)30-40(36,37)19-9-10-20(26)21(27)12-19/h2-14,30H,1H3,(H,28,29,32)/t14-/m1/s1. The van der Waals surface area contributed by atoms with Crippen molar-refractivity contribution in [3.8, 4) is 11.3 Å². The van der Waals surface area contributed by atoms with Gasteiger partial charge in [-0.25, -0.2) is 27.0 Å². The molecule has 0 bridgehead atoms. The van der Waals surface area contributed by atoms with E-state index in [1.807, 2.05) is 0 Å². The summed E-state index contributed by atoms with van der Waals surface area (Å²) in [6.45, 7) is 1.34. The molecule has 11 nitrogen and oxygen atoms in total. The van der Waals surface area contributed by atoms with E-state index in [1.54, 1.807) is 11.4 Å². The van der Waals surface area contributed by atoms with Crippen LogP contribution in [-0.2, 0) is 19.6 Å². The zero-order valence-corrected chi connectivity index (χ0v) is 22.0. The Morgan fingerprint density at radius 1 is 1.05 bits per heavy atom. The number of nitrogens with one attached hydrogen (secondary N) is 2. The van der Waals surface area contributed by atoms with Crippen LogP contribution in [0.1, 0.15) is 17.3 Å². The van der Waals surface area contributed by atoms with Crippen molar-refractivity contribution in [3.05, 3.63) is 99.4 Å². The third-order valence-electron chi connectivity index (χ3n) is 5.31. The summed E-state index contributed by atoms with van der Waals surface area (Å²) in [6.07, 6.45) is -1.23. The number of nitrogens with zero attached hydrogens (tertiary/aromatic N) is 2. The Bertz CT molecular complexity index is 1710. The molecule has 2 N–H and O–H groups in total. The molecule has 40 heavy (non-hydrogen) atoms. The van der Waals surface area contributed by atoms with Gasteiger partial charge >= 0.3 is 5.97 Å². The molecule has 1 amide bonds. The highest BCUT2D eigenvalue weighted by molar-refractivity contribution is 7.92. The number of rotatable bonds is 9. The Hall–Kier alpha value is -4.76. The largest absolute Gasteiger partial charge is 0.449 e. The SMILES string of the molecule is C[C@@H](OC(=O)c1ccc(NS(=O)(=O)c2ccc(F)c(F)c2)cc1)C(=O)Nc1nc(-c2cccc([N+](=O)[O-])c2)cs1. The summed E-state index contributed by atoms with van der Waals surface area (Å²) >= 11 is 1.08. The van der Waals surface area contributed by atoms with Crippen LogP contribution in [0.25, 0.3) is 11.3 Å². The van der Waals surface area contributed by atoms with Gasteiger partial charge in [-0.1, -0.05) is 12.1 Å². The number of non-ortho nitro benzene ring substituents is 1. The van der Waals surface area contributed by atoms with Crippen LogP contribution < -0.4 is 10.0 Å². The quantitative estimate of drug-likeness (QED) is 0.157. The molecule has 0 saturated heterocycles. The van der Waals surface area contributed by atoms with Crippen molar-refractivity contribution >= 4 is 49.7 Å². The lowest BCUT2D eigenvalue weighted by Crippen LogP contribution is -2.30. The minimum atomic E-state index is -4.23. The number of hydrogen-bond acceptors (Lipinski definition) is 9. The van der Waals surface area contributed by atoms with Crippen molar-refractivity contribution in [2.75, 3.05) is 10.0 Å². The molecule has 1 aromatic heterocycles. The van der Waals surface area contributed by atoms with Crippen LogP contribution in [-0.4, -0.2) is 36.3 Å². The van der Waals surface area contributed by atoms with Gasteiger partial charge in [-0.3, -0.25) is 24.9 Å². The lowest BCUT2D eigenvalue weighted by atomic mass is 10.1. The van der Waals surface area contributed by atoms with E-state index in [9.17, 15) is 36.9 Å². The maximum Gasteiger partial charge on any atom is 0.338 e. The molecule has 206 valence electrons. The molecule has 0 aliphatic rings. The first-order valence-electron chi connectivity index (χ1n) is 11.2. The van der Waals surface area contributed by atoms with E-state index in [4.69, 9.17) is 4.74 Å². The molecule has 15 heteroatoms. The van der Waals surface area contributed by atoms with Crippen molar-refractivity contribution in [2.24, 2.45) is 0 Å². The Balaban J connectivity index is 1.35. The number of esters is 1. The average Bonchev–Trinajstić information content (AvgIpc) is 3.38. The summed E-state index contributed by atoms with van der Waals surface area (Å²) in [5.41, 5.74) is 0.841. The topological polar surface area (TPSA) is 158 Å². The molecular weight excluding hydrogens is 570 g/mol. The number of halogens is 2. The number of nitro groups is 1. The number of anilines is 2. The normalized spacial score (nSPS) is 11.9. The molecule has 0 radical (unpaired) electrons. The van der Waals surface area contributed by atoms with Crippen LogP contribution >= 0.6 is 11.3 Å². The van der Waals surface area contributed by atoms with Gasteiger partial charge in [-0.2, -0.15) is 0 Å². The fourth-order valence-electron chi connectivity index (χ4n) is 3.26. The Labute approximate surface area is 229 Å². The fraction of sp³-hybridized carbons (Fsp3) is 0.0800. The summed E-state index contributed by atoms with van der Waals surface area (Å²) in [7, 11) is -4.23. The Morgan fingerprint density at radius 2 is 1.77 bits per heavy atom. The second-order valence-electron chi connectivity index (χ2n) is 8.14. The monoisotopic (exact) mass is 588 g/mol. The summed E-state index contributed by atoms with van der Waals surface area (Å²) in [4.78, 5) is 39.2. The number of nitro benzene ring substituents is 1. The van der Waals surface area contributed by atoms with Gasteiger partial charge < -0.3 is 4.74 Å². The molecule has 1 heterocycles. The number of amides is 1. The van der Waals surface area contributed by atoms with Crippen molar-refractivity contribution in [1.82, 2.24) is 4.98 Å². The molecule has 0 fully saturated rings. The van der Waals surface area contributed by atoms with Crippen molar-refractivity contribution in [1.29, 1.82) is 0 Å². The van der Waals surface area contributed by atoms with E-state index in [0.29, 0.717) is 23.4 Å². The van der Waals surface area contributed by atoms with Gasteiger partial charge in [-0.15, -0.1) is 11.3 Å². The smallest absolute Gasteiger partial charge is 0.338 e. The third-order valence-corrected chi connectivity index (χ3v) is 7.45. The van der Waals surface area contributed by atoms with Crippen LogP contribution in [0.4, 0.5) is 25.3 Å². The van der Waals surface area contributed by atoms with Gasteiger partial charge in [0, 0.05) is 28.8 Å². The predicted octanol–water partition coefficient (Wildman–Crippen LogP) is 4.98. The molecule has 4 rings (SSSR count). The number of carbonyl (C=O) groups excluding carboxylic acids is 2. The first-order chi connectivity index (χ1) is 18.9. The molecule has 0 aliphatic heterocycles. The first kappa shape index (κ1) is 28.3. The van der Waals surface area contributed by atoms with Crippen LogP contribution in [0.15, 0.2) is 77.0 Å². The molecule has 0 aliphatic carbocycles. The summed E-state index contributed by atoms with van der Waals surface area (Å²) in [5.74, 6) is -4.06. The zero-order valence-electron chi connectivity index (χ0n) is 20.3. The molecule has 0 unspecified atom stereocenters. The van der Waals surface area contributed by atoms with Gasteiger partial charge in [0.25, 0.3) is 21.6 Å². The highest BCUT2D eigenvalue weighted by atomic mass is 32.2. The van der Waals surface area contributed by atoms with Crippen LogP contribution in [0, 0.1) is 21.7 Å². The average molecular weight is 589 g/mol. The van der Waals surface area contributed by atoms with Gasteiger partial charge in [0.05, 0.1) is 21.1 Å². The molecule has 1 atom stereocenters. The van der Waals surface area contributed by atoms with Gasteiger partial charge in [0.2, 0.25) is 0 Å². The summed E-state index contributed by atoms with van der Waals surface area (Å²) < 4.78 is 58.7.